The first-order chi connectivity index (χ1) is 9.79. The van der Waals surface area contributed by atoms with Gasteiger partial charge in [0.1, 0.15) is 4.90 Å². The Kier molecular flexibility index (Phi) is 5.32. The summed E-state index contributed by atoms with van der Waals surface area (Å²) in [5, 5.41) is 4.31. The van der Waals surface area contributed by atoms with Crippen LogP contribution in [0.3, 0.4) is 0 Å². The van der Waals surface area contributed by atoms with Crippen LogP contribution in [-0.4, -0.2) is 24.7 Å². The van der Waals surface area contributed by atoms with E-state index in [0.717, 1.165) is 5.69 Å². The van der Waals surface area contributed by atoms with E-state index in [4.69, 9.17) is 23.2 Å². The van der Waals surface area contributed by atoms with E-state index in [1.54, 1.807) is 17.9 Å². The monoisotopic (exact) mass is 411 g/mol. The minimum Gasteiger partial charge on any atom is -0.276 e. The van der Waals surface area contributed by atoms with Crippen LogP contribution in [0.15, 0.2) is 33.8 Å². The molecule has 0 fully saturated rings. The van der Waals surface area contributed by atoms with Crippen molar-refractivity contribution in [3.8, 4) is 0 Å². The van der Waals surface area contributed by atoms with Gasteiger partial charge >= 0.3 is 0 Å². The van der Waals surface area contributed by atoms with Crippen LogP contribution in [0, 0.1) is 0 Å². The highest BCUT2D eigenvalue weighted by Crippen LogP contribution is 2.32. The van der Waals surface area contributed by atoms with Gasteiger partial charge in [0.25, 0.3) is 0 Å². The average Bonchev–Trinajstić information content (AvgIpc) is 2.72. The molecule has 0 unspecified atom stereocenters. The summed E-state index contributed by atoms with van der Waals surface area (Å²) in [6.07, 6.45) is 2.28. The number of rotatable bonds is 5. The first kappa shape index (κ1) is 16.8. The van der Waals surface area contributed by atoms with Gasteiger partial charge < -0.3 is 0 Å². The van der Waals surface area contributed by atoms with Crippen molar-refractivity contribution < 1.29 is 8.42 Å². The molecule has 1 heterocycles. The molecule has 0 aliphatic heterocycles. The van der Waals surface area contributed by atoms with E-state index < -0.39 is 10.0 Å². The first-order valence-corrected chi connectivity index (χ1v) is 8.95. The highest BCUT2D eigenvalue weighted by atomic mass is 79.9. The van der Waals surface area contributed by atoms with Crippen LogP contribution < -0.4 is 4.72 Å². The third-order valence-corrected chi connectivity index (χ3v) is 5.51. The van der Waals surface area contributed by atoms with Gasteiger partial charge in [0.2, 0.25) is 10.0 Å². The van der Waals surface area contributed by atoms with Crippen LogP contribution in [0.2, 0.25) is 10.0 Å². The summed E-state index contributed by atoms with van der Waals surface area (Å²) in [6.45, 7) is 0.210. The zero-order chi connectivity index (χ0) is 15.6. The third kappa shape index (κ3) is 4.20. The second-order valence-electron chi connectivity index (χ2n) is 4.33. The van der Waals surface area contributed by atoms with E-state index in [2.05, 4.69) is 25.8 Å². The summed E-state index contributed by atoms with van der Waals surface area (Å²) < 4.78 is 29.3. The number of benzene rings is 1. The van der Waals surface area contributed by atoms with E-state index in [0.29, 0.717) is 10.9 Å². The molecular formula is C12H12BrCl2N3O2S. The summed E-state index contributed by atoms with van der Waals surface area (Å²) in [5.41, 5.74) is 0.799. The van der Waals surface area contributed by atoms with E-state index in [9.17, 15) is 8.42 Å². The number of nitrogens with zero attached hydrogens (tertiary/aromatic N) is 2. The van der Waals surface area contributed by atoms with Gasteiger partial charge in [-0.3, -0.25) is 4.68 Å². The Morgan fingerprint density at radius 3 is 2.48 bits per heavy atom. The van der Waals surface area contributed by atoms with Crippen LogP contribution >= 0.6 is 39.1 Å². The molecule has 0 bridgehead atoms. The predicted octanol–water partition coefficient (Wildman–Crippen LogP) is 3.01. The molecule has 1 aromatic heterocycles. The predicted molar refractivity (Wildman–Crippen MR) is 86.3 cm³/mol. The Balaban J connectivity index is 2.12. The van der Waals surface area contributed by atoms with Gasteiger partial charge in [-0.1, -0.05) is 39.1 Å². The molecule has 1 aromatic carbocycles. The normalized spacial score (nSPS) is 11.8. The van der Waals surface area contributed by atoms with Crippen molar-refractivity contribution in [3.05, 3.63) is 44.6 Å². The smallest absolute Gasteiger partial charge is 0.243 e. The van der Waals surface area contributed by atoms with Crippen molar-refractivity contribution in [2.75, 3.05) is 6.54 Å². The minimum atomic E-state index is -3.77. The van der Waals surface area contributed by atoms with Crippen molar-refractivity contribution in [2.24, 2.45) is 7.05 Å². The molecule has 0 saturated carbocycles. The summed E-state index contributed by atoms with van der Waals surface area (Å²) in [6, 6.07) is 4.80. The lowest BCUT2D eigenvalue weighted by Gasteiger charge is -2.10. The fourth-order valence-electron chi connectivity index (χ4n) is 1.77. The molecule has 9 heteroatoms. The minimum absolute atomic E-state index is 0.0692. The Hall–Kier alpha value is -0.600. The van der Waals surface area contributed by atoms with E-state index >= 15 is 0 Å². The van der Waals surface area contributed by atoms with E-state index in [1.165, 1.54) is 12.1 Å². The van der Waals surface area contributed by atoms with E-state index in [1.807, 2.05) is 6.07 Å². The number of halogens is 3. The maximum Gasteiger partial charge on any atom is 0.243 e. The highest BCUT2D eigenvalue weighted by Gasteiger charge is 2.22. The Morgan fingerprint density at radius 2 is 1.95 bits per heavy atom. The number of hydrogen-bond acceptors (Lipinski definition) is 3. The standard InChI is InChI=1S/C12H12BrCl2N3O2S/c1-18-5-3-9(17-18)2-4-16-21(19,20)12-10(14)6-8(13)7-11(12)15/h3,5-7,16H,2,4H2,1H3. The molecule has 0 spiro atoms. The van der Waals surface area contributed by atoms with Crippen molar-refractivity contribution in [3.63, 3.8) is 0 Å². The Bertz CT molecular complexity index is 739. The SMILES string of the molecule is Cn1ccc(CCNS(=O)(=O)c2c(Cl)cc(Br)cc2Cl)n1. The van der Waals surface area contributed by atoms with Crippen molar-refractivity contribution in [1.29, 1.82) is 0 Å². The van der Waals surface area contributed by atoms with Crippen molar-refractivity contribution >= 4 is 49.2 Å². The van der Waals surface area contributed by atoms with Gasteiger partial charge in [-0.15, -0.1) is 0 Å². The molecule has 0 aliphatic rings. The number of nitrogens with one attached hydrogen (secondary N) is 1. The highest BCUT2D eigenvalue weighted by molar-refractivity contribution is 9.10. The molecule has 2 rings (SSSR count). The second-order valence-corrected chi connectivity index (χ2v) is 7.76. The fourth-order valence-corrected chi connectivity index (χ4v) is 4.73. The molecule has 0 aliphatic carbocycles. The molecule has 2 aromatic rings. The van der Waals surface area contributed by atoms with Crippen molar-refractivity contribution in [2.45, 2.75) is 11.3 Å². The van der Waals surface area contributed by atoms with Crippen molar-refractivity contribution in [1.82, 2.24) is 14.5 Å². The molecule has 0 atom stereocenters. The molecule has 21 heavy (non-hydrogen) atoms. The average molecular weight is 413 g/mol. The molecule has 5 nitrogen and oxygen atoms in total. The maximum absolute atomic E-state index is 12.3. The number of aryl methyl sites for hydroxylation is 1. The zero-order valence-corrected chi connectivity index (χ0v) is 14.9. The topological polar surface area (TPSA) is 64.0 Å². The molecule has 0 amide bonds. The van der Waals surface area contributed by atoms with Crippen LogP contribution in [0.25, 0.3) is 0 Å². The van der Waals surface area contributed by atoms with Gasteiger partial charge in [0.05, 0.1) is 15.7 Å². The molecular weight excluding hydrogens is 401 g/mol. The summed E-state index contributed by atoms with van der Waals surface area (Å²) in [7, 11) is -1.97. The molecule has 0 radical (unpaired) electrons. The summed E-state index contributed by atoms with van der Waals surface area (Å²) in [5.74, 6) is 0. The van der Waals surface area contributed by atoms with E-state index in [-0.39, 0.29) is 21.5 Å². The second kappa shape index (κ2) is 6.66. The summed E-state index contributed by atoms with van der Waals surface area (Å²) in [4.78, 5) is -0.116. The van der Waals surface area contributed by atoms with Gasteiger partial charge in [-0.05, 0) is 18.2 Å². The number of aromatic nitrogens is 2. The van der Waals surface area contributed by atoms with Gasteiger partial charge in [-0.25, -0.2) is 13.1 Å². The summed E-state index contributed by atoms with van der Waals surface area (Å²) >= 11 is 15.1. The fraction of sp³-hybridized carbons (Fsp3) is 0.250. The zero-order valence-electron chi connectivity index (χ0n) is 11.0. The van der Waals surface area contributed by atoms with Gasteiger partial charge in [0.15, 0.2) is 0 Å². The number of sulfonamides is 1. The lowest BCUT2D eigenvalue weighted by Crippen LogP contribution is -2.26. The lowest BCUT2D eigenvalue weighted by atomic mass is 10.3. The largest absolute Gasteiger partial charge is 0.276 e. The van der Waals surface area contributed by atoms with Crippen LogP contribution in [0.4, 0.5) is 0 Å². The van der Waals surface area contributed by atoms with Gasteiger partial charge in [-0.2, -0.15) is 5.10 Å². The Labute approximate surface area is 141 Å². The lowest BCUT2D eigenvalue weighted by molar-refractivity contribution is 0.581. The van der Waals surface area contributed by atoms with Crippen LogP contribution in [-0.2, 0) is 23.5 Å². The molecule has 0 saturated heterocycles. The van der Waals surface area contributed by atoms with Crippen LogP contribution in [0.1, 0.15) is 5.69 Å². The molecule has 1 N–H and O–H groups in total. The van der Waals surface area contributed by atoms with Gasteiger partial charge in [0, 0.05) is 30.7 Å². The molecule has 114 valence electrons. The maximum atomic E-state index is 12.3. The van der Waals surface area contributed by atoms with Crippen LogP contribution in [0.5, 0.6) is 0 Å². The number of hydrogen-bond donors (Lipinski definition) is 1. The quantitative estimate of drug-likeness (QED) is 0.820. The third-order valence-electron chi connectivity index (χ3n) is 2.67. The first-order valence-electron chi connectivity index (χ1n) is 5.92. The Morgan fingerprint density at radius 1 is 1.33 bits per heavy atom.